The molecule has 2 aromatic carbocycles. The molecule has 1 saturated heterocycles. The molecule has 1 aromatic heterocycles. The van der Waals surface area contributed by atoms with Gasteiger partial charge in [-0.1, -0.05) is 23.1 Å². The summed E-state index contributed by atoms with van der Waals surface area (Å²) >= 11 is 2.20. The van der Waals surface area contributed by atoms with Gasteiger partial charge >= 0.3 is 0 Å². The summed E-state index contributed by atoms with van der Waals surface area (Å²) in [5.41, 5.74) is 0.867. The molecular weight excluding hydrogens is 499 g/mol. The van der Waals surface area contributed by atoms with Crippen LogP contribution in [0.25, 0.3) is 0 Å². The zero-order chi connectivity index (χ0) is 24.9. The molecule has 0 aliphatic carbocycles. The van der Waals surface area contributed by atoms with E-state index in [2.05, 4.69) is 20.8 Å². The molecule has 2 heterocycles. The lowest BCUT2D eigenvalue weighted by molar-refractivity contribution is -0.384. The number of nitrogens with one attached hydrogen (secondary N) is 2. The Morgan fingerprint density at radius 3 is 2.54 bits per heavy atom. The van der Waals surface area contributed by atoms with Crippen molar-refractivity contribution >= 4 is 63.0 Å². The molecule has 180 valence electrons. The molecule has 1 aliphatic heterocycles. The maximum absolute atomic E-state index is 13.1. The Kier molecular flexibility index (Phi) is 7.31. The fourth-order valence-electron chi connectivity index (χ4n) is 3.27. The van der Waals surface area contributed by atoms with Gasteiger partial charge in [0.2, 0.25) is 22.9 Å². The molecule has 0 spiro atoms. The number of halogens is 1. The number of hydrogen-bond donors (Lipinski definition) is 2. The second kappa shape index (κ2) is 10.6. The topological polar surface area (TPSA) is 147 Å². The van der Waals surface area contributed by atoms with Crippen molar-refractivity contribution in [3.8, 4) is 0 Å². The van der Waals surface area contributed by atoms with Gasteiger partial charge in [0.05, 0.1) is 16.6 Å². The van der Waals surface area contributed by atoms with E-state index in [4.69, 9.17) is 0 Å². The summed E-state index contributed by atoms with van der Waals surface area (Å²) in [6.45, 7) is 0.166. The van der Waals surface area contributed by atoms with E-state index in [9.17, 15) is 28.9 Å². The Hall–Kier alpha value is -3.91. The molecule has 1 fully saturated rings. The highest BCUT2D eigenvalue weighted by Gasteiger charge is 2.35. The SMILES string of the molecule is O=C(CSc1nnc(NC(=O)C2CC(=O)N(c3ccc(F)cc3)C2)s1)Nc1ccc([N+](=O)[O-])cc1. The highest BCUT2D eigenvalue weighted by atomic mass is 32.2. The molecule has 1 atom stereocenters. The van der Waals surface area contributed by atoms with Crippen molar-refractivity contribution in [2.75, 3.05) is 27.8 Å². The third kappa shape index (κ3) is 6.16. The molecule has 11 nitrogen and oxygen atoms in total. The van der Waals surface area contributed by atoms with Crippen LogP contribution in [0.1, 0.15) is 6.42 Å². The fourth-order valence-corrected chi connectivity index (χ4v) is 4.83. The molecular formula is C21H17FN6O5S2. The van der Waals surface area contributed by atoms with E-state index in [1.54, 1.807) is 0 Å². The summed E-state index contributed by atoms with van der Waals surface area (Å²) < 4.78 is 13.6. The first-order valence-corrected chi connectivity index (χ1v) is 12.0. The molecule has 3 aromatic rings. The van der Waals surface area contributed by atoms with Crippen molar-refractivity contribution in [1.29, 1.82) is 0 Å². The normalized spacial score (nSPS) is 15.2. The minimum atomic E-state index is -0.597. The standard InChI is InChI=1S/C21H17FN6O5S2/c22-13-1-5-15(6-2-13)27-10-12(9-18(27)30)19(31)24-20-25-26-21(35-20)34-11-17(29)23-14-3-7-16(8-4-14)28(32)33/h1-8,12H,9-11H2,(H,23,29)(H,24,25,31). The number of nitro benzene ring substituents is 1. The van der Waals surface area contributed by atoms with Crippen LogP contribution < -0.4 is 15.5 Å². The van der Waals surface area contributed by atoms with E-state index in [-0.39, 0.29) is 47.3 Å². The van der Waals surface area contributed by atoms with Gasteiger partial charge in [0.1, 0.15) is 5.82 Å². The van der Waals surface area contributed by atoms with Crippen molar-refractivity contribution in [2.24, 2.45) is 5.92 Å². The molecule has 1 unspecified atom stereocenters. The van der Waals surface area contributed by atoms with E-state index in [1.165, 1.54) is 53.4 Å². The van der Waals surface area contributed by atoms with Gasteiger partial charge < -0.3 is 15.5 Å². The molecule has 1 aliphatic rings. The summed E-state index contributed by atoms with van der Waals surface area (Å²) in [7, 11) is 0. The average molecular weight is 517 g/mol. The monoisotopic (exact) mass is 516 g/mol. The molecule has 4 rings (SSSR count). The number of benzene rings is 2. The Morgan fingerprint density at radius 2 is 1.86 bits per heavy atom. The van der Waals surface area contributed by atoms with Crippen molar-refractivity contribution in [2.45, 2.75) is 10.8 Å². The van der Waals surface area contributed by atoms with Crippen LogP contribution in [0.3, 0.4) is 0 Å². The quantitative estimate of drug-likeness (QED) is 0.201. The van der Waals surface area contributed by atoms with Gasteiger partial charge in [0, 0.05) is 36.5 Å². The number of nitrogens with zero attached hydrogens (tertiary/aromatic N) is 4. The summed E-state index contributed by atoms with van der Waals surface area (Å²) in [5.74, 6) is -1.95. The first-order chi connectivity index (χ1) is 16.8. The van der Waals surface area contributed by atoms with Crippen molar-refractivity contribution in [3.63, 3.8) is 0 Å². The fraction of sp³-hybridized carbons (Fsp3) is 0.190. The Bertz CT molecular complexity index is 1270. The van der Waals surface area contributed by atoms with E-state index in [0.717, 1.165) is 23.1 Å². The number of carbonyl (C=O) groups excluding carboxylic acids is 3. The summed E-state index contributed by atoms with van der Waals surface area (Å²) in [4.78, 5) is 48.6. The van der Waals surface area contributed by atoms with Gasteiger partial charge in [-0.05, 0) is 36.4 Å². The predicted octanol–water partition coefficient (Wildman–Crippen LogP) is 3.31. The van der Waals surface area contributed by atoms with E-state index in [0.29, 0.717) is 15.7 Å². The van der Waals surface area contributed by atoms with Crippen LogP contribution in [0.15, 0.2) is 52.9 Å². The van der Waals surface area contributed by atoms with Gasteiger partial charge in [0.25, 0.3) is 5.69 Å². The maximum Gasteiger partial charge on any atom is 0.269 e. The molecule has 0 bridgehead atoms. The second-order valence-electron chi connectivity index (χ2n) is 7.39. The highest BCUT2D eigenvalue weighted by molar-refractivity contribution is 8.01. The molecule has 14 heteroatoms. The smallest absolute Gasteiger partial charge is 0.269 e. The molecule has 0 radical (unpaired) electrons. The molecule has 35 heavy (non-hydrogen) atoms. The van der Waals surface area contributed by atoms with Crippen LogP contribution in [0.5, 0.6) is 0 Å². The van der Waals surface area contributed by atoms with Gasteiger partial charge in [-0.25, -0.2) is 4.39 Å². The Balaban J connectivity index is 1.26. The van der Waals surface area contributed by atoms with Gasteiger partial charge in [0.15, 0.2) is 4.34 Å². The number of aromatic nitrogens is 2. The number of non-ortho nitro benzene ring substituents is 1. The number of nitro groups is 1. The minimum absolute atomic E-state index is 0.0172. The first-order valence-electron chi connectivity index (χ1n) is 10.2. The summed E-state index contributed by atoms with van der Waals surface area (Å²) in [6, 6.07) is 10.9. The summed E-state index contributed by atoms with van der Waals surface area (Å²) in [5, 5.41) is 24.0. The number of thioether (sulfide) groups is 1. The van der Waals surface area contributed by atoms with E-state index >= 15 is 0 Å². The minimum Gasteiger partial charge on any atom is -0.325 e. The zero-order valence-corrected chi connectivity index (χ0v) is 19.5. The predicted molar refractivity (Wildman–Crippen MR) is 128 cm³/mol. The van der Waals surface area contributed by atoms with Crippen LogP contribution in [-0.2, 0) is 14.4 Å². The second-order valence-corrected chi connectivity index (χ2v) is 9.59. The maximum atomic E-state index is 13.1. The lowest BCUT2D eigenvalue weighted by Gasteiger charge is -2.16. The number of rotatable bonds is 8. The average Bonchev–Trinajstić information content (AvgIpc) is 3.45. The van der Waals surface area contributed by atoms with Crippen molar-refractivity contribution in [1.82, 2.24) is 10.2 Å². The zero-order valence-electron chi connectivity index (χ0n) is 17.8. The Labute approximate surface area is 205 Å². The molecule has 0 saturated carbocycles. The lowest BCUT2D eigenvalue weighted by Crippen LogP contribution is -2.28. The van der Waals surface area contributed by atoms with Crippen molar-refractivity contribution < 1.29 is 23.7 Å². The van der Waals surface area contributed by atoms with Crippen molar-refractivity contribution in [3.05, 3.63) is 64.5 Å². The Morgan fingerprint density at radius 1 is 1.14 bits per heavy atom. The van der Waals surface area contributed by atoms with E-state index < -0.39 is 16.7 Å². The molecule has 3 amide bonds. The number of amides is 3. The summed E-state index contributed by atoms with van der Waals surface area (Å²) in [6.07, 6.45) is 0.0203. The van der Waals surface area contributed by atoms with Crippen LogP contribution in [0.2, 0.25) is 0 Å². The van der Waals surface area contributed by atoms with Gasteiger partial charge in [-0.15, -0.1) is 10.2 Å². The first kappa shape index (κ1) is 24.2. The third-order valence-corrected chi connectivity index (χ3v) is 6.93. The third-order valence-electron chi connectivity index (χ3n) is 4.96. The van der Waals surface area contributed by atoms with E-state index in [1.807, 2.05) is 0 Å². The number of anilines is 3. The van der Waals surface area contributed by atoms with Crippen LogP contribution in [0, 0.1) is 21.8 Å². The van der Waals surface area contributed by atoms with Gasteiger partial charge in [-0.3, -0.25) is 24.5 Å². The van der Waals surface area contributed by atoms with Gasteiger partial charge in [-0.2, -0.15) is 0 Å². The largest absolute Gasteiger partial charge is 0.325 e. The number of carbonyl (C=O) groups is 3. The van der Waals surface area contributed by atoms with Crippen LogP contribution in [0.4, 0.5) is 26.6 Å². The molecule has 2 N–H and O–H groups in total. The highest BCUT2D eigenvalue weighted by Crippen LogP contribution is 2.29. The number of hydrogen-bond acceptors (Lipinski definition) is 9. The van der Waals surface area contributed by atoms with Crippen LogP contribution in [-0.4, -0.2) is 45.1 Å². The lowest BCUT2D eigenvalue weighted by atomic mass is 10.1. The van der Waals surface area contributed by atoms with Crippen LogP contribution >= 0.6 is 23.1 Å².